The molecule has 3 atom stereocenters. The van der Waals surface area contributed by atoms with Gasteiger partial charge in [-0.1, -0.05) is 19.1 Å². The van der Waals surface area contributed by atoms with Crippen molar-refractivity contribution in [3.05, 3.63) is 53.6 Å². The van der Waals surface area contributed by atoms with Crippen molar-refractivity contribution in [1.29, 1.82) is 0 Å². The van der Waals surface area contributed by atoms with Gasteiger partial charge in [0.2, 0.25) is 0 Å². The van der Waals surface area contributed by atoms with Gasteiger partial charge < -0.3 is 25.8 Å². The lowest BCUT2D eigenvalue weighted by atomic mass is 9.99. The van der Waals surface area contributed by atoms with Gasteiger partial charge in [-0.05, 0) is 56.2 Å². The van der Waals surface area contributed by atoms with Crippen molar-refractivity contribution in [2.45, 2.75) is 45.3 Å². The van der Waals surface area contributed by atoms with Crippen molar-refractivity contribution in [2.24, 2.45) is 0 Å². The number of nitrogen functional groups attached to an aromatic ring is 1. The minimum Gasteiger partial charge on any atom is -0.460 e. The number of carbonyl (C=O) groups excluding carboxylic acids is 1. The lowest BCUT2D eigenvalue weighted by molar-refractivity contribution is 0.0388. The van der Waals surface area contributed by atoms with Crippen LogP contribution in [0.4, 0.5) is 17.1 Å². The zero-order valence-corrected chi connectivity index (χ0v) is 19.6. The summed E-state index contributed by atoms with van der Waals surface area (Å²) in [6, 6.07) is 15.0. The molecule has 0 bridgehead atoms. The van der Waals surface area contributed by atoms with Crippen LogP contribution in [-0.2, 0) is 9.47 Å². The molecule has 2 aromatic carbocycles. The summed E-state index contributed by atoms with van der Waals surface area (Å²) in [5, 5.41) is 7.01. The highest BCUT2D eigenvalue weighted by Crippen LogP contribution is 2.30. The molecule has 3 rings (SSSR count). The highest BCUT2D eigenvalue weighted by Gasteiger charge is 2.27. The van der Waals surface area contributed by atoms with E-state index in [1.807, 2.05) is 12.1 Å². The van der Waals surface area contributed by atoms with E-state index in [1.165, 1.54) is 5.56 Å². The molecule has 174 valence electrons. The van der Waals surface area contributed by atoms with E-state index in [2.05, 4.69) is 54.5 Å². The zero-order valence-electron chi connectivity index (χ0n) is 19.6. The molecular weight excluding hydrogens is 404 g/mol. The van der Waals surface area contributed by atoms with Crippen LogP contribution in [0.2, 0.25) is 0 Å². The van der Waals surface area contributed by atoms with Crippen LogP contribution in [0.1, 0.15) is 49.2 Å². The molecule has 1 aliphatic rings. The standard InChI is InChI=1S/C25H36N4O3/c1-5-24(29-15-17(2)27-18(3)16-29)19-7-6-8-21(13-19)28-23-10-9-20(14-22(23)26)25(30)32-12-11-31-4/h6-10,13-14,17-18,24,27-28H,5,11-12,15-16,26H2,1-4H3. The summed E-state index contributed by atoms with van der Waals surface area (Å²) < 4.78 is 10.1. The molecule has 2 aromatic rings. The van der Waals surface area contributed by atoms with Crippen molar-refractivity contribution in [3.8, 4) is 0 Å². The van der Waals surface area contributed by atoms with Gasteiger partial charge in [0, 0.05) is 44.0 Å². The fraction of sp³-hybridized carbons (Fsp3) is 0.480. The third-order valence-corrected chi connectivity index (χ3v) is 5.77. The van der Waals surface area contributed by atoms with Crippen molar-refractivity contribution >= 4 is 23.0 Å². The van der Waals surface area contributed by atoms with E-state index in [9.17, 15) is 4.79 Å². The fourth-order valence-corrected chi connectivity index (χ4v) is 4.41. The molecule has 0 aromatic heterocycles. The number of esters is 1. The topological polar surface area (TPSA) is 88.8 Å². The van der Waals surface area contributed by atoms with E-state index in [-0.39, 0.29) is 6.61 Å². The Kier molecular flexibility index (Phi) is 8.50. The summed E-state index contributed by atoms with van der Waals surface area (Å²) in [5.74, 6) is -0.410. The van der Waals surface area contributed by atoms with Crippen molar-refractivity contribution < 1.29 is 14.3 Å². The Labute approximate surface area is 191 Å². The molecule has 3 unspecified atom stereocenters. The second-order valence-corrected chi connectivity index (χ2v) is 8.53. The summed E-state index contributed by atoms with van der Waals surface area (Å²) in [4.78, 5) is 14.7. The SMILES string of the molecule is CCC(c1cccc(Nc2ccc(C(=O)OCCOC)cc2N)c1)N1CC(C)NC(C)C1. The number of anilines is 3. The van der Waals surface area contributed by atoms with Gasteiger partial charge in [0.05, 0.1) is 23.5 Å². The van der Waals surface area contributed by atoms with Gasteiger partial charge in [0.15, 0.2) is 0 Å². The average Bonchev–Trinajstić information content (AvgIpc) is 2.75. The molecule has 0 spiro atoms. The molecule has 1 aliphatic heterocycles. The second-order valence-electron chi connectivity index (χ2n) is 8.53. The maximum atomic E-state index is 12.1. The normalized spacial score (nSPS) is 20.0. The number of ether oxygens (including phenoxy) is 2. The van der Waals surface area contributed by atoms with E-state index in [0.717, 1.165) is 30.9 Å². The molecule has 0 saturated carbocycles. The Morgan fingerprint density at radius 3 is 2.59 bits per heavy atom. The van der Waals surface area contributed by atoms with Crippen molar-refractivity contribution in [2.75, 3.05) is 44.5 Å². The number of nitrogens with zero attached hydrogens (tertiary/aromatic N) is 1. The van der Waals surface area contributed by atoms with Crippen LogP contribution in [0.3, 0.4) is 0 Å². The maximum absolute atomic E-state index is 12.1. The molecule has 1 heterocycles. The van der Waals surface area contributed by atoms with Crippen LogP contribution in [0.15, 0.2) is 42.5 Å². The number of hydrogen-bond acceptors (Lipinski definition) is 7. The first-order valence-electron chi connectivity index (χ1n) is 11.3. The van der Waals surface area contributed by atoms with Gasteiger partial charge in [0.25, 0.3) is 0 Å². The molecule has 1 fully saturated rings. The number of nitrogens with two attached hydrogens (primary N) is 1. The Morgan fingerprint density at radius 2 is 1.94 bits per heavy atom. The molecule has 32 heavy (non-hydrogen) atoms. The molecule has 4 N–H and O–H groups in total. The third-order valence-electron chi connectivity index (χ3n) is 5.77. The highest BCUT2D eigenvalue weighted by atomic mass is 16.6. The van der Waals surface area contributed by atoms with Gasteiger partial charge in [-0.15, -0.1) is 0 Å². The summed E-state index contributed by atoms with van der Waals surface area (Å²) in [6.07, 6.45) is 1.05. The molecule has 1 saturated heterocycles. The second kappa shape index (κ2) is 11.3. The fourth-order valence-electron chi connectivity index (χ4n) is 4.41. The van der Waals surface area contributed by atoms with Gasteiger partial charge in [0.1, 0.15) is 6.61 Å². The predicted molar refractivity (Wildman–Crippen MR) is 129 cm³/mol. The molecule has 7 heteroatoms. The number of nitrogens with one attached hydrogen (secondary N) is 2. The quantitative estimate of drug-likeness (QED) is 0.309. The third kappa shape index (κ3) is 6.22. The first-order chi connectivity index (χ1) is 15.4. The Balaban J connectivity index is 1.72. The summed E-state index contributed by atoms with van der Waals surface area (Å²) >= 11 is 0. The number of benzene rings is 2. The predicted octanol–water partition coefficient (Wildman–Crippen LogP) is 3.95. The van der Waals surface area contributed by atoms with E-state index in [4.69, 9.17) is 15.2 Å². The summed E-state index contributed by atoms with van der Waals surface area (Å²) in [5.41, 5.74) is 10.2. The lowest BCUT2D eigenvalue weighted by Crippen LogP contribution is -2.54. The highest BCUT2D eigenvalue weighted by molar-refractivity contribution is 5.92. The number of carbonyl (C=O) groups is 1. The minimum atomic E-state index is -0.410. The Morgan fingerprint density at radius 1 is 1.19 bits per heavy atom. The van der Waals surface area contributed by atoms with Crippen LogP contribution in [0, 0.1) is 0 Å². The van der Waals surface area contributed by atoms with Gasteiger partial charge in [-0.25, -0.2) is 4.79 Å². The summed E-state index contributed by atoms with van der Waals surface area (Å²) in [6.45, 7) is 9.38. The molecule has 0 radical (unpaired) electrons. The van der Waals surface area contributed by atoms with E-state index < -0.39 is 5.97 Å². The van der Waals surface area contributed by atoms with E-state index >= 15 is 0 Å². The van der Waals surface area contributed by atoms with Gasteiger partial charge in [-0.3, -0.25) is 4.90 Å². The van der Waals surface area contributed by atoms with Gasteiger partial charge >= 0.3 is 5.97 Å². The van der Waals surface area contributed by atoms with Crippen LogP contribution in [-0.4, -0.2) is 56.4 Å². The van der Waals surface area contributed by atoms with E-state index in [1.54, 1.807) is 19.2 Å². The average molecular weight is 441 g/mol. The number of rotatable bonds is 9. The van der Waals surface area contributed by atoms with Crippen molar-refractivity contribution in [3.63, 3.8) is 0 Å². The maximum Gasteiger partial charge on any atom is 0.338 e. The lowest BCUT2D eigenvalue weighted by Gasteiger charge is -2.41. The van der Waals surface area contributed by atoms with E-state index in [0.29, 0.717) is 36.0 Å². The number of hydrogen-bond donors (Lipinski definition) is 3. The Hall–Kier alpha value is -2.61. The van der Waals surface area contributed by atoms with Crippen LogP contribution in [0.5, 0.6) is 0 Å². The summed E-state index contributed by atoms with van der Waals surface area (Å²) in [7, 11) is 1.56. The molecule has 7 nitrogen and oxygen atoms in total. The minimum absolute atomic E-state index is 0.214. The molecule has 0 amide bonds. The molecular formula is C25H36N4O3. The number of methoxy groups -OCH3 is 1. The first kappa shape index (κ1) is 24.0. The molecule has 0 aliphatic carbocycles. The zero-order chi connectivity index (χ0) is 23.1. The van der Waals surface area contributed by atoms with Crippen LogP contribution < -0.4 is 16.4 Å². The monoisotopic (exact) mass is 440 g/mol. The smallest absolute Gasteiger partial charge is 0.338 e. The van der Waals surface area contributed by atoms with Crippen LogP contribution in [0.25, 0.3) is 0 Å². The number of piperazine rings is 1. The first-order valence-corrected chi connectivity index (χ1v) is 11.3. The Bertz CT molecular complexity index is 895. The van der Waals surface area contributed by atoms with Crippen LogP contribution >= 0.6 is 0 Å². The largest absolute Gasteiger partial charge is 0.460 e. The van der Waals surface area contributed by atoms with Gasteiger partial charge in [-0.2, -0.15) is 0 Å². The van der Waals surface area contributed by atoms with Crippen molar-refractivity contribution in [1.82, 2.24) is 10.2 Å².